The minimum Gasteiger partial charge on any atom is -0.477 e. The molecule has 1 aromatic heterocycles. The Hall–Kier alpha value is -1.95. The number of amides is 1. The van der Waals surface area contributed by atoms with E-state index in [9.17, 15) is 9.18 Å². The van der Waals surface area contributed by atoms with Crippen molar-refractivity contribution in [3.05, 3.63) is 57.9 Å². The van der Waals surface area contributed by atoms with Crippen LogP contribution in [0.5, 0.6) is 5.88 Å². The van der Waals surface area contributed by atoms with Crippen molar-refractivity contribution in [3.8, 4) is 5.88 Å². The molecule has 1 heterocycles. The first kappa shape index (κ1) is 15.4. The van der Waals surface area contributed by atoms with Gasteiger partial charge in [-0.15, -0.1) is 0 Å². The summed E-state index contributed by atoms with van der Waals surface area (Å²) in [5, 5.41) is 2.73. The highest BCUT2D eigenvalue weighted by Crippen LogP contribution is 2.18. The number of benzene rings is 1. The third-order valence-corrected chi connectivity index (χ3v) is 3.52. The molecule has 0 aliphatic carbocycles. The molecule has 0 unspecified atom stereocenters. The van der Waals surface area contributed by atoms with Gasteiger partial charge in [0.25, 0.3) is 5.91 Å². The van der Waals surface area contributed by atoms with E-state index in [1.165, 1.54) is 12.1 Å². The van der Waals surface area contributed by atoms with Gasteiger partial charge in [-0.3, -0.25) is 4.79 Å². The van der Waals surface area contributed by atoms with E-state index in [1.54, 1.807) is 24.4 Å². The number of nitrogens with one attached hydrogen (secondary N) is 1. The van der Waals surface area contributed by atoms with Gasteiger partial charge in [-0.2, -0.15) is 0 Å². The standard InChI is InChI=1S/C15H14BrFN2O2/c1-2-21-15-12(4-3-7-18-15)14(20)19-9-10-8-11(17)5-6-13(10)16/h3-8H,2,9H2,1H3,(H,19,20). The summed E-state index contributed by atoms with van der Waals surface area (Å²) in [5.41, 5.74) is 1.01. The quantitative estimate of drug-likeness (QED) is 0.897. The van der Waals surface area contributed by atoms with Gasteiger partial charge in [0.15, 0.2) is 0 Å². The van der Waals surface area contributed by atoms with Crippen LogP contribution in [0.2, 0.25) is 0 Å². The van der Waals surface area contributed by atoms with Crippen molar-refractivity contribution < 1.29 is 13.9 Å². The number of pyridine rings is 1. The maximum atomic E-state index is 13.2. The van der Waals surface area contributed by atoms with E-state index in [4.69, 9.17) is 4.74 Å². The van der Waals surface area contributed by atoms with Gasteiger partial charge in [0.1, 0.15) is 11.4 Å². The maximum Gasteiger partial charge on any atom is 0.257 e. The van der Waals surface area contributed by atoms with Crippen LogP contribution in [-0.4, -0.2) is 17.5 Å². The van der Waals surface area contributed by atoms with Gasteiger partial charge in [0.2, 0.25) is 5.88 Å². The van der Waals surface area contributed by atoms with E-state index in [0.29, 0.717) is 17.7 Å². The van der Waals surface area contributed by atoms with Crippen molar-refractivity contribution in [2.45, 2.75) is 13.5 Å². The minimum absolute atomic E-state index is 0.206. The SMILES string of the molecule is CCOc1ncccc1C(=O)NCc1cc(F)ccc1Br. The summed E-state index contributed by atoms with van der Waals surface area (Å²) in [6, 6.07) is 7.62. The molecule has 6 heteroatoms. The molecule has 0 radical (unpaired) electrons. The topological polar surface area (TPSA) is 51.2 Å². The molecule has 1 amide bonds. The van der Waals surface area contributed by atoms with Gasteiger partial charge < -0.3 is 10.1 Å². The van der Waals surface area contributed by atoms with Crippen LogP contribution >= 0.6 is 15.9 Å². The van der Waals surface area contributed by atoms with E-state index in [-0.39, 0.29) is 24.1 Å². The fourth-order valence-corrected chi connectivity index (χ4v) is 2.15. The van der Waals surface area contributed by atoms with E-state index in [1.807, 2.05) is 6.92 Å². The Balaban J connectivity index is 2.10. The zero-order chi connectivity index (χ0) is 15.2. The molecule has 0 bridgehead atoms. The summed E-state index contributed by atoms with van der Waals surface area (Å²) in [6.07, 6.45) is 1.56. The maximum absolute atomic E-state index is 13.2. The molecule has 0 aliphatic rings. The Morgan fingerprint density at radius 1 is 1.43 bits per heavy atom. The molecule has 4 nitrogen and oxygen atoms in total. The highest BCUT2D eigenvalue weighted by atomic mass is 79.9. The number of carbonyl (C=O) groups excluding carboxylic acids is 1. The van der Waals surface area contributed by atoms with Crippen LogP contribution in [0.25, 0.3) is 0 Å². The number of carbonyl (C=O) groups is 1. The van der Waals surface area contributed by atoms with Crippen molar-refractivity contribution in [1.82, 2.24) is 10.3 Å². The van der Waals surface area contributed by atoms with Gasteiger partial charge in [-0.05, 0) is 42.8 Å². The molecular weight excluding hydrogens is 339 g/mol. The number of nitrogens with zero attached hydrogens (tertiary/aromatic N) is 1. The van der Waals surface area contributed by atoms with E-state index >= 15 is 0 Å². The molecule has 0 spiro atoms. The monoisotopic (exact) mass is 352 g/mol. The van der Waals surface area contributed by atoms with Gasteiger partial charge in [-0.25, -0.2) is 9.37 Å². The van der Waals surface area contributed by atoms with Crippen molar-refractivity contribution in [2.24, 2.45) is 0 Å². The average molecular weight is 353 g/mol. The fourth-order valence-electron chi connectivity index (χ4n) is 1.76. The molecule has 110 valence electrons. The Bertz CT molecular complexity index is 649. The van der Waals surface area contributed by atoms with Gasteiger partial charge in [0, 0.05) is 17.2 Å². The first-order chi connectivity index (χ1) is 10.1. The lowest BCUT2D eigenvalue weighted by Gasteiger charge is -2.10. The normalized spacial score (nSPS) is 10.2. The number of rotatable bonds is 5. The predicted octanol–water partition coefficient (Wildman–Crippen LogP) is 3.31. The van der Waals surface area contributed by atoms with Crippen LogP contribution in [0, 0.1) is 5.82 Å². The van der Waals surface area contributed by atoms with Crippen LogP contribution in [-0.2, 0) is 6.54 Å². The number of hydrogen-bond donors (Lipinski definition) is 1. The zero-order valence-electron chi connectivity index (χ0n) is 11.4. The summed E-state index contributed by atoms with van der Waals surface area (Å²) in [7, 11) is 0. The Kier molecular flexibility index (Phi) is 5.27. The highest BCUT2D eigenvalue weighted by molar-refractivity contribution is 9.10. The van der Waals surface area contributed by atoms with Crippen LogP contribution < -0.4 is 10.1 Å². The Morgan fingerprint density at radius 3 is 3.00 bits per heavy atom. The van der Waals surface area contributed by atoms with Gasteiger partial charge in [-0.1, -0.05) is 15.9 Å². The lowest BCUT2D eigenvalue weighted by atomic mass is 10.2. The average Bonchev–Trinajstić information content (AvgIpc) is 2.49. The molecule has 1 aromatic carbocycles. The van der Waals surface area contributed by atoms with Crippen LogP contribution in [0.1, 0.15) is 22.8 Å². The summed E-state index contributed by atoms with van der Waals surface area (Å²) in [4.78, 5) is 16.2. The van der Waals surface area contributed by atoms with E-state index in [0.717, 1.165) is 4.47 Å². The molecule has 0 aliphatic heterocycles. The lowest BCUT2D eigenvalue weighted by molar-refractivity contribution is 0.0946. The number of hydrogen-bond acceptors (Lipinski definition) is 3. The lowest BCUT2D eigenvalue weighted by Crippen LogP contribution is -2.24. The smallest absolute Gasteiger partial charge is 0.257 e. The van der Waals surface area contributed by atoms with Crippen molar-refractivity contribution in [3.63, 3.8) is 0 Å². The van der Waals surface area contributed by atoms with Crippen LogP contribution in [0.3, 0.4) is 0 Å². The third-order valence-electron chi connectivity index (χ3n) is 2.74. The molecule has 0 atom stereocenters. The van der Waals surface area contributed by atoms with Crippen molar-refractivity contribution in [2.75, 3.05) is 6.61 Å². The Labute approximate surface area is 130 Å². The molecule has 1 N–H and O–H groups in total. The zero-order valence-corrected chi connectivity index (χ0v) is 13.0. The van der Waals surface area contributed by atoms with Crippen LogP contribution in [0.15, 0.2) is 41.0 Å². The second-order valence-corrected chi connectivity index (χ2v) is 5.06. The molecule has 2 aromatic rings. The summed E-state index contributed by atoms with van der Waals surface area (Å²) in [6.45, 7) is 2.45. The predicted molar refractivity (Wildman–Crippen MR) is 80.7 cm³/mol. The second kappa shape index (κ2) is 7.17. The first-order valence-electron chi connectivity index (χ1n) is 6.41. The van der Waals surface area contributed by atoms with Crippen molar-refractivity contribution in [1.29, 1.82) is 0 Å². The first-order valence-corrected chi connectivity index (χ1v) is 7.21. The largest absolute Gasteiger partial charge is 0.477 e. The molecular formula is C15H14BrFN2O2. The van der Waals surface area contributed by atoms with Crippen LogP contribution in [0.4, 0.5) is 4.39 Å². The molecule has 21 heavy (non-hydrogen) atoms. The molecule has 0 saturated heterocycles. The number of aromatic nitrogens is 1. The fraction of sp³-hybridized carbons (Fsp3) is 0.200. The van der Waals surface area contributed by atoms with Gasteiger partial charge >= 0.3 is 0 Å². The number of halogens is 2. The number of ether oxygens (including phenoxy) is 1. The van der Waals surface area contributed by atoms with E-state index in [2.05, 4.69) is 26.2 Å². The third kappa shape index (κ3) is 4.01. The summed E-state index contributed by atoms with van der Waals surface area (Å²) in [5.74, 6) is -0.377. The highest BCUT2D eigenvalue weighted by Gasteiger charge is 2.13. The summed E-state index contributed by atoms with van der Waals surface area (Å²) < 4.78 is 19.2. The van der Waals surface area contributed by atoms with Gasteiger partial charge in [0.05, 0.1) is 6.61 Å². The molecule has 0 fully saturated rings. The van der Waals surface area contributed by atoms with E-state index < -0.39 is 0 Å². The Morgan fingerprint density at radius 2 is 2.24 bits per heavy atom. The summed E-state index contributed by atoms with van der Waals surface area (Å²) >= 11 is 3.32. The molecule has 2 rings (SSSR count). The second-order valence-electron chi connectivity index (χ2n) is 4.21. The van der Waals surface area contributed by atoms with Crippen molar-refractivity contribution >= 4 is 21.8 Å². The molecule has 0 saturated carbocycles. The minimum atomic E-state index is -0.348.